The summed E-state index contributed by atoms with van der Waals surface area (Å²) in [5, 5.41) is 33.7. The molecule has 0 spiro atoms. The first-order valence-corrected chi connectivity index (χ1v) is 23.5. The van der Waals surface area contributed by atoms with Gasteiger partial charge in [-0.2, -0.15) is 0 Å². The lowest BCUT2D eigenvalue weighted by Gasteiger charge is -2.42. The van der Waals surface area contributed by atoms with E-state index >= 15 is 0 Å². The smallest absolute Gasteiger partial charge is 0.329 e. The van der Waals surface area contributed by atoms with Crippen LogP contribution in [0.15, 0.2) is 47.6 Å². The fourth-order valence-corrected chi connectivity index (χ4v) is 9.73. The quantitative estimate of drug-likeness (QED) is 0.161. The highest BCUT2D eigenvalue weighted by molar-refractivity contribution is 6.39. The number of fused-ring (bicyclic) bond motifs is 3. The topological polar surface area (TPSA) is 195 Å². The van der Waals surface area contributed by atoms with Crippen molar-refractivity contribution in [1.82, 2.24) is 4.90 Å². The zero-order valence-corrected chi connectivity index (χ0v) is 39.7. The third-order valence-electron chi connectivity index (χ3n) is 14.2. The van der Waals surface area contributed by atoms with Gasteiger partial charge in [0.1, 0.15) is 30.1 Å². The molecule has 4 rings (SSSR count). The van der Waals surface area contributed by atoms with Gasteiger partial charge in [-0.05, 0) is 107 Å². The molecule has 1 aliphatic carbocycles. The normalized spacial score (nSPS) is 39.7. The summed E-state index contributed by atoms with van der Waals surface area (Å²) in [6.07, 6.45) is 11.4. The number of cyclic esters (lactones) is 1. The molecule has 14 nitrogen and oxygen atoms in total. The number of allylic oxidation sites excluding steroid dienone is 6. The highest BCUT2D eigenvalue weighted by Crippen LogP contribution is 2.37. The maximum atomic E-state index is 14.3. The van der Waals surface area contributed by atoms with Gasteiger partial charge in [0.2, 0.25) is 5.79 Å². The first-order chi connectivity index (χ1) is 30.3. The van der Waals surface area contributed by atoms with E-state index in [0.717, 1.165) is 12.0 Å². The molecule has 4 aliphatic rings. The fraction of sp³-hybridized carbons (Fsp3) is 0.740. The molecule has 0 aromatic heterocycles. The van der Waals surface area contributed by atoms with Crippen LogP contribution >= 0.6 is 0 Å². The van der Waals surface area contributed by atoms with Crippen LogP contribution in [0.1, 0.15) is 125 Å². The number of methoxy groups -OCH3 is 3. The molecule has 0 aromatic rings. The number of ether oxygens (including phenoxy) is 5. The van der Waals surface area contributed by atoms with Crippen molar-refractivity contribution in [3.05, 3.63) is 47.6 Å². The van der Waals surface area contributed by atoms with Crippen LogP contribution in [-0.4, -0.2) is 132 Å². The number of piperidine rings is 1. The minimum atomic E-state index is -2.43. The van der Waals surface area contributed by atoms with E-state index in [9.17, 15) is 39.3 Å². The van der Waals surface area contributed by atoms with Gasteiger partial charge in [0, 0.05) is 59.0 Å². The molecule has 0 unspecified atom stereocenters. The molecule has 0 aromatic carbocycles. The number of Topliss-reactive ketones (excluding diaryl/α,β-unsaturated/α-hetero) is 3. The zero-order chi connectivity index (χ0) is 47.3. The summed E-state index contributed by atoms with van der Waals surface area (Å²) in [6.45, 7) is 10.9. The third-order valence-corrected chi connectivity index (χ3v) is 14.2. The first-order valence-electron chi connectivity index (χ1n) is 23.5. The van der Waals surface area contributed by atoms with Crippen LogP contribution in [0.3, 0.4) is 0 Å². The summed E-state index contributed by atoms with van der Waals surface area (Å²) in [5.41, 5.74) is 1.27. The lowest BCUT2D eigenvalue weighted by atomic mass is 9.78. The highest BCUT2D eigenvalue weighted by Gasteiger charge is 2.53. The Hall–Kier alpha value is -3.37. The van der Waals surface area contributed by atoms with E-state index in [2.05, 4.69) is 0 Å². The standard InChI is InChI=1S/C50H77NO13/c1-30-15-11-10-12-16-31(2)42(60-7)28-37-21-19-35(6)50(59,64-37)47(56)48(57)51-24-14-13-17-38(51)49(58)63-43(33(4)26-36-20-23-39(52)44(27-36)61-8)29-41(54)32(3)25-34(5)45(55)46(62-9)40(53)22-18-30/h10-12,15-16,25,30,32-33,35-39,42-46,52,55,59H,13-14,17-24,26-29H2,1-9H3/b12-10+,15-11-,31-16+,34-25+/t30-,32-,33-,35-,36+,37+,38+,39-,42+,43+,44-,45-,46+,50-/m1/s1. The van der Waals surface area contributed by atoms with Crippen LogP contribution in [0.25, 0.3) is 0 Å². The van der Waals surface area contributed by atoms with Crippen LogP contribution in [0, 0.1) is 29.6 Å². The molecular weight excluding hydrogens is 823 g/mol. The Morgan fingerprint density at radius 2 is 1.58 bits per heavy atom. The average molecular weight is 900 g/mol. The second-order valence-electron chi connectivity index (χ2n) is 19.1. The maximum Gasteiger partial charge on any atom is 0.329 e. The number of aliphatic hydroxyl groups is 3. The maximum absolute atomic E-state index is 14.3. The Morgan fingerprint density at radius 1 is 0.844 bits per heavy atom. The summed E-state index contributed by atoms with van der Waals surface area (Å²) >= 11 is 0. The van der Waals surface area contributed by atoms with Crippen molar-refractivity contribution in [2.75, 3.05) is 27.9 Å². The summed E-state index contributed by atoms with van der Waals surface area (Å²) in [5.74, 6) is -7.48. The van der Waals surface area contributed by atoms with E-state index in [-0.39, 0.29) is 61.2 Å². The molecular formula is C50H77NO13. The number of hydrogen-bond acceptors (Lipinski definition) is 13. The van der Waals surface area contributed by atoms with Crippen molar-refractivity contribution in [3.63, 3.8) is 0 Å². The van der Waals surface area contributed by atoms with Crippen LogP contribution < -0.4 is 0 Å². The van der Waals surface area contributed by atoms with E-state index in [1.165, 1.54) is 12.0 Å². The Labute approximate surface area is 380 Å². The van der Waals surface area contributed by atoms with Crippen molar-refractivity contribution >= 4 is 29.2 Å². The molecule has 3 N–H and O–H groups in total. The number of rotatable bonds is 6. The molecule has 3 heterocycles. The van der Waals surface area contributed by atoms with Gasteiger partial charge < -0.3 is 43.9 Å². The monoisotopic (exact) mass is 900 g/mol. The number of amides is 1. The number of aliphatic hydroxyl groups excluding tert-OH is 2. The molecule has 3 aliphatic heterocycles. The van der Waals surface area contributed by atoms with Gasteiger partial charge in [0.25, 0.3) is 11.7 Å². The molecule has 2 bridgehead atoms. The molecule has 2 saturated heterocycles. The fourth-order valence-electron chi connectivity index (χ4n) is 9.73. The first kappa shape index (κ1) is 53.2. The predicted octanol–water partition coefficient (Wildman–Crippen LogP) is 5.93. The number of carbonyl (C=O) groups excluding carboxylic acids is 5. The molecule has 360 valence electrons. The van der Waals surface area contributed by atoms with Crippen molar-refractivity contribution in [2.24, 2.45) is 29.6 Å². The van der Waals surface area contributed by atoms with E-state index in [1.54, 1.807) is 41.1 Å². The minimum Gasteiger partial charge on any atom is -0.460 e. The molecule has 64 heavy (non-hydrogen) atoms. The summed E-state index contributed by atoms with van der Waals surface area (Å²) in [7, 11) is 4.51. The molecule has 0 radical (unpaired) electrons. The van der Waals surface area contributed by atoms with Crippen LogP contribution in [-0.2, 0) is 47.7 Å². The lowest BCUT2D eigenvalue weighted by Crippen LogP contribution is -2.61. The van der Waals surface area contributed by atoms with E-state index < -0.39 is 77.9 Å². The lowest BCUT2D eigenvalue weighted by molar-refractivity contribution is -0.265. The number of esters is 1. The Kier molecular flexibility index (Phi) is 20.8. The summed E-state index contributed by atoms with van der Waals surface area (Å²) in [4.78, 5) is 71.3. The van der Waals surface area contributed by atoms with Gasteiger partial charge >= 0.3 is 5.97 Å². The number of ketones is 3. The number of hydrogen-bond donors (Lipinski definition) is 3. The second kappa shape index (κ2) is 25.0. The van der Waals surface area contributed by atoms with Gasteiger partial charge in [-0.1, -0.05) is 64.2 Å². The minimum absolute atomic E-state index is 0.0425. The Bertz CT molecular complexity index is 1720. The van der Waals surface area contributed by atoms with Gasteiger partial charge in [0.15, 0.2) is 5.78 Å². The molecule has 14 atom stereocenters. The largest absolute Gasteiger partial charge is 0.460 e. The zero-order valence-electron chi connectivity index (χ0n) is 39.7. The highest BCUT2D eigenvalue weighted by atomic mass is 16.6. The number of nitrogens with zero attached hydrogens (tertiary/aromatic N) is 1. The van der Waals surface area contributed by atoms with E-state index in [1.807, 2.05) is 51.2 Å². The molecule has 1 saturated carbocycles. The second-order valence-corrected chi connectivity index (χ2v) is 19.1. The molecule has 14 heteroatoms. The van der Waals surface area contributed by atoms with Gasteiger partial charge in [-0.15, -0.1) is 0 Å². The van der Waals surface area contributed by atoms with Crippen LogP contribution in [0.4, 0.5) is 0 Å². The van der Waals surface area contributed by atoms with E-state index in [4.69, 9.17) is 23.7 Å². The van der Waals surface area contributed by atoms with Gasteiger partial charge in [-0.3, -0.25) is 19.2 Å². The molecule has 1 amide bonds. The van der Waals surface area contributed by atoms with Crippen LogP contribution in [0.5, 0.6) is 0 Å². The third kappa shape index (κ3) is 14.1. The van der Waals surface area contributed by atoms with Crippen molar-refractivity contribution in [3.8, 4) is 0 Å². The van der Waals surface area contributed by atoms with Crippen molar-refractivity contribution in [2.45, 2.75) is 180 Å². The van der Waals surface area contributed by atoms with Gasteiger partial charge in [-0.25, -0.2) is 4.79 Å². The van der Waals surface area contributed by atoms with Gasteiger partial charge in [0.05, 0.1) is 24.4 Å². The Balaban J connectivity index is 1.68. The predicted molar refractivity (Wildman–Crippen MR) is 241 cm³/mol. The van der Waals surface area contributed by atoms with Crippen molar-refractivity contribution in [1.29, 1.82) is 0 Å². The average Bonchev–Trinajstić information content (AvgIpc) is 3.27. The summed E-state index contributed by atoms with van der Waals surface area (Å²) in [6, 6.07) is -1.14. The SMILES string of the molecule is CO[C@H]1C[C@@H]2CC[C@@H](C)[C@@](O)(O2)C(=O)C(=O)N2CCCC[C@H]2C(=O)O[C@H]([C@H](C)C[C@@H]2CC[C@@H](O)[C@H](OC)C2)CC(=O)[C@H](C)/C=C(\C)[C@@H](O)[C@@H](OC)C(=O)CC[C@H](C)\C=C/C=C/C=C/1C. The van der Waals surface area contributed by atoms with E-state index in [0.29, 0.717) is 63.4 Å². The van der Waals surface area contributed by atoms with Crippen LogP contribution in [0.2, 0.25) is 0 Å². The van der Waals surface area contributed by atoms with Crippen molar-refractivity contribution < 1.29 is 63.0 Å². The summed E-state index contributed by atoms with van der Waals surface area (Å²) < 4.78 is 29.3. The molecule has 3 fully saturated rings. The Morgan fingerprint density at radius 3 is 2.27 bits per heavy atom. The number of carbonyl (C=O) groups is 5.